The highest BCUT2D eigenvalue weighted by atomic mass is 79.9. The Kier molecular flexibility index (Phi) is 3.08. The first-order valence-corrected chi connectivity index (χ1v) is 7.76. The van der Waals surface area contributed by atoms with Gasteiger partial charge < -0.3 is 5.32 Å². The van der Waals surface area contributed by atoms with E-state index in [1.807, 2.05) is 55.0 Å². The summed E-state index contributed by atoms with van der Waals surface area (Å²) < 4.78 is 3.13. The molecule has 4 nitrogen and oxygen atoms in total. The summed E-state index contributed by atoms with van der Waals surface area (Å²) in [6, 6.07) is 14.1. The van der Waals surface area contributed by atoms with Crippen molar-refractivity contribution in [3.63, 3.8) is 0 Å². The fraction of sp³-hybridized carbons (Fsp3) is 0.0588. The maximum Gasteiger partial charge on any atom is 0.157 e. The molecular weight excluding hydrogens is 340 g/mol. The molecule has 0 aliphatic rings. The van der Waals surface area contributed by atoms with Gasteiger partial charge in [0.25, 0.3) is 0 Å². The number of fused-ring (bicyclic) bond motifs is 3. The fourth-order valence-corrected chi connectivity index (χ4v) is 2.93. The first-order chi connectivity index (χ1) is 10.7. The van der Waals surface area contributed by atoms with E-state index in [0.717, 1.165) is 38.1 Å². The molecule has 5 heteroatoms. The third-order valence-corrected chi connectivity index (χ3v) is 4.63. The molecule has 2 aromatic heterocycles. The monoisotopic (exact) mass is 352 g/mol. The van der Waals surface area contributed by atoms with Gasteiger partial charge in [0.1, 0.15) is 5.52 Å². The van der Waals surface area contributed by atoms with Crippen LogP contribution < -0.4 is 5.32 Å². The molecule has 0 saturated heterocycles. The minimum absolute atomic E-state index is 0.803. The van der Waals surface area contributed by atoms with Crippen molar-refractivity contribution in [2.24, 2.45) is 0 Å². The van der Waals surface area contributed by atoms with Gasteiger partial charge in [0, 0.05) is 10.2 Å². The van der Waals surface area contributed by atoms with Gasteiger partial charge in [-0.1, -0.05) is 34.1 Å². The highest BCUT2D eigenvalue weighted by molar-refractivity contribution is 9.10. The lowest BCUT2D eigenvalue weighted by Gasteiger charge is -2.12. The van der Waals surface area contributed by atoms with Crippen LogP contribution in [0, 0.1) is 6.92 Å². The minimum Gasteiger partial charge on any atom is -0.338 e. The number of para-hydroxylation sites is 2. The molecule has 4 aromatic rings. The van der Waals surface area contributed by atoms with E-state index in [1.54, 1.807) is 0 Å². The van der Waals surface area contributed by atoms with Crippen LogP contribution in [0.4, 0.5) is 11.5 Å². The number of benzene rings is 2. The highest BCUT2D eigenvalue weighted by Crippen LogP contribution is 2.29. The molecule has 0 fully saturated rings. The normalized spacial score (nSPS) is 11.2. The van der Waals surface area contributed by atoms with Crippen molar-refractivity contribution >= 4 is 44.0 Å². The number of anilines is 2. The van der Waals surface area contributed by atoms with E-state index in [-0.39, 0.29) is 0 Å². The van der Waals surface area contributed by atoms with E-state index in [4.69, 9.17) is 4.98 Å². The van der Waals surface area contributed by atoms with Crippen LogP contribution in [0.1, 0.15) is 5.56 Å². The lowest BCUT2D eigenvalue weighted by molar-refractivity contribution is 1.19. The van der Waals surface area contributed by atoms with Crippen molar-refractivity contribution in [1.82, 2.24) is 14.4 Å². The molecule has 4 rings (SSSR count). The number of imidazole rings is 1. The molecule has 2 aromatic carbocycles. The Bertz CT molecular complexity index is 990. The molecule has 0 amide bonds. The Labute approximate surface area is 136 Å². The zero-order valence-corrected chi connectivity index (χ0v) is 13.5. The molecule has 0 radical (unpaired) electrons. The molecule has 2 heterocycles. The third kappa shape index (κ3) is 2.05. The number of hydrogen-bond acceptors (Lipinski definition) is 3. The van der Waals surface area contributed by atoms with E-state index < -0.39 is 0 Å². The number of aromatic nitrogens is 3. The van der Waals surface area contributed by atoms with Gasteiger partial charge in [-0.05, 0) is 36.8 Å². The van der Waals surface area contributed by atoms with E-state index in [9.17, 15) is 0 Å². The summed E-state index contributed by atoms with van der Waals surface area (Å²) in [5.41, 5.74) is 5.11. The Morgan fingerprint density at radius 2 is 1.91 bits per heavy atom. The van der Waals surface area contributed by atoms with Gasteiger partial charge in [0.15, 0.2) is 5.82 Å². The molecule has 0 unspecified atom stereocenters. The van der Waals surface area contributed by atoms with E-state index in [2.05, 4.69) is 37.6 Å². The molecule has 0 aliphatic carbocycles. The summed E-state index contributed by atoms with van der Waals surface area (Å²) in [5, 5.41) is 3.43. The van der Waals surface area contributed by atoms with Crippen molar-refractivity contribution in [1.29, 1.82) is 0 Å². The number of rotatable bonds is 2. The van der Waals surface area contributed by atoms with Crippen molar-refractivity contribution in [3.8, 4) is 0 Å². The second kappa shape index (κ2) is 5.10. The predicted molar refractivity (Wildman–Crippen MR) is 92.7 cm³/mol. The molecule has 0 spiro atoms. The minimum atomic E-state index is 0.803. The number of halogens is 1. The SMILES string of the molecule is Cc1c(Br)cccc1Nc1nc2ccccc2n2cncc12. The van der Waals surface area contributed by atoms with Crippen molar-refractivity contribution in [3.05, 3.63) is 65.0 Å². The van der Waals surface area contributed by atoms with Crippen LogP contribution in [0.3, 0.4) is 0 Å². The predicted octanol–water partition coefficient (Wildman–Crippen LogP) is 4.70. The topological polar surface area (TPSA) is 42.2 Å². The van der Waals surface area contributed by atoms with Gasteiger partial charge in [-0.15, -0.1) is 0 Å². The lowest BCUT2D eigenvalue weighted by Crippen LogP contribution is -2.00. The Morgan fingerprint density at radius 3 is 2.82 bits per heavy atom. The van der Waals surface area contributed by atoms with Crippen LogP contribution in [0.15, 0.2) is 59.5 Å². The second-order valence-electron chi connectivity index (χ2n) is 5.14. The van der Waals surface area contributed by atoms with Crippen LogP contribution in [0.2, 0.25) is 0 Å². The quantitative estimate of drug-likeness (QED) is 0.568. The number of nitrogens with zero attached hydrogens (tertiary/aromatic N) is 3. The smallest absolute Gasteiger partial charge is 0.157 e. The molecule has 0 bridgehead atoms. The van der Waals surface area contributed by atoms with E-state index >= 15 is 0 Å². The summed E-state index contributed by atoms with van der Waals surface area (Å²) in [5.74, 6) is 0.803. The summed E-state index contributed by atoms with van der Waals surface area (Å²) >= 11 is 3.56. The van der Waals surface area contributed by atoms with Gasteiger partial charge in [0.05, 0.1) is 23.6 Å². The van der Waals surface area contributed by atoms with Crippen molar-refractivity contribution < 1.29 is 0 Å². The standard InChI is InChI=1S/C17H13BrN4/c1-11-12(18)5-4-7-13(11)20-17-16-9-19-10-22(16)15-8-3-2-6-14(15)21-17/h2-10H,1H3,(H,20,21). The van der Waals surface area contributed by atoms with Crippen molar-refractivity contribution in [2.45, 2.75) is 6.92 Å². The summed E-state index contributed by atoms with van der Waals surface area (Å²) in [6.07, 6.45) is 3.65. The van der Waals surface area contributed by atoms with Crippen LogP contribution in [0.25, 0.3) is 16.6 Å². The maximum absolute atomic E-state index is 4.75. The van der Waals surface area contributed by atoms with Crippen LogP contribution in [-0.4, -0.2) is 14.4 Å². The Morgan fingerprint density at radius 1 is 1.05 bits per heavy atom. The average molecular weight is 353 g/mol. The lowest BCUT2D eigenvalue weighted by atomic mass is 10.2. The fourth-order valence-electron chi connectivity index (χ4n) is 2.56. The molecule has 0 aliphatic heterocycles. The summed E-state index contributed by atoms with van der Waals surface area (Å²) in [7, 11) is 0. The summed E-state index contributed by atoms with van der Waals surface area (Å²) in [4.78, 5) is 9.02. The largest absolute Gasteiger partial charge is 0.338 e. The van der Waals surface area contributed by atoms with Gasteiger partial charge in [0.2, 0.25) is 0 Å². The molecule has 0 saturated carbocycles. The van der Waals surface area contributed by atoms with Gasteiger partial charge in [-0.3, -0.25) is 4.40 Å². The van der Waals surface area contributed by atoms with Gasteiger partial charge >= 0.3 is 0 Å². The van der Waals surface area contributed by atoms with E-state index in [1.165, 1.54) is 0 Å². The molecule has 0 atom stereocenters. The molecule has 1 N–H and O–H groups in total. The average Bonchev–Trinajstić information content (AvgIpc) is 3.02. The van der Waals surface area contributed by atoms with Gasteiger partial charge in [-0.2, -0.15) is 0 Å². The maximum atomic E-state index is 4.75. The number of hydrogen-bond donors (Lipinski definition) is 1. The van der Waals surface area contributed by atoms with Gasteiger partial charge in [-0.25, -0.2) is 9.97 Å². The van der Waals surface area contributed by atoms with Crippen molar-refractivity contribution in [2.75, 3.05) is 5.32 Å². The van der Waals surface area contributed by atoms with Crippen LogP contribution >= 0.6 is 15.9 Å². The zero-order chi connectivity index (χ0) is 15.1. The first kappa shape index (κ1) is 13.3. The zero-order valence-electron chi connectivity index (χ0n) is 11.9. The van der Waals surface area contributed by atoms with E-state index in [0.29, 0.717) is 0 Å². The molecule has 22 heavy (non-hydrogen) atoms. The van der Waals surface area contributed by atoms with Crippen LogP contribution in [-0.2, 0) is 0 Å². The molecular formula is C17H13BrN4. The molecule has 108 valence electrons. The second-order valence-corrected chi connectivity index (χ2v) is 5.99. The Hall–Kier alpha value is -2.40. The number of nitrogens with one attached hydrogen (secondary N) is 1. The third-order valence-electron chi connectivity index (χ3n) is 3.78. The Balaban J connectivity index is 1.93. The summed E-state index contributed by atoms with van der Waals surface area (Å²) in [6.45, 7) is 2.07. The highest BCUT2D eigenvalue weighted by Gasteiger charge is 2.10. The first-order valence-electron chi connectivity index (χ1n) is 6.97. The van der Waals surface area contributed by atoms with Crippen LogP contribution in [0.5, 0.6) is 0 Å².